The Hall–Kier alpha value is -3.38. The molecule has 1 aliphatic heterocycles. The number of halogens is 3. The van der Waals surface area contributed by atoms with E-state index in [2.05, 4.69) is 4.98 Å². The number of phosphoric acid groups is 1. The van der Waals surface area contributed by atoms with E-state index < -0.39 is 50.6 Å². The maximum Gasteiger partial charge on any atom is 0.587 e. The summed E-state index contributed by atoms with van der Waals surface area (Å²) in [7, 11) is -4.73. The molecule has 1 fully saturated rings. The molecular formula is C24H25F3N3O7P. The van der Waals surface area contributed by atoms with Crippen molar-refractivity contribution in [3.8, 4) is 11.5 Å². The zero-order chi connectivity index (χ0) is 27.7. The zero-order valence-electron chi connectivity index (χ0n) is 20.2. The van der Waals surface area contributed by atoms with E-state index in [1.54, 1.807) is 38.1 Å². The maximum atomic E-state index is 15.1. The highest BCUT2D eigenvalue weighted by Crippen LogP contribution is 2.52. The summed E-state index contributed by atoms with van der Waals surface area (Å²) in [5.41, 5.74) is 3.00. The number of nitrogens with zero attached hydrogens (tertiary/aromatic N) is 2. The van der Waals surface area contributed by atoms with Gasteiger partial charge in [-0.05, 0) is 44.2 Å². The average Bonchev–Trinajstić information content (AvgIpc) is 3.12. The lowest BCUT2D eigenvalue weighted by molar-refractivity contribution is -0.193. The normalized spacial score (nSPS) is 23.5. The van der Waals surface area contributed by atoms with Gasteiger partial charge in [0.2, 0.25) is 0 Å². The van der Waals surface area contributed by atoms with Crippen molar-refractivity contribution in [1.29, 1.82) is 0 Å². The van der Waals surface area contributed by atoms with E-state index in [0.29, 0.717) is 4.57 Å². The molecule has 2 heterocycles. The Morgan fingerprint density at radius 3 is 2.08 bits per heavy atom. The number of aromatic nitrogens is 2. The van der Waals surface area contributed by atoms with Gasteiger partial charge in [-0.2, -0.15) is 4.98 Å². The van der Waals surface area contributed by atoms with E-state index in [4.69, 9.17) is 24.0 Å². The minimum Gasteiger partial charge on any atom is -0.395 e. The van der Waals surface area contributed by atoms with Gasteiger partial charge in [0.15, 0.2) is 18.0 Å². The fraction of sp³-hybridized carbons (Fsp3) is 0.333. The highest BCUT2D eigenvalue weighted by Gasteiger charge is 2.62. The van der Waals surface area contributed by atoms with Crippen molar-refractivity contribution in [2.45, 2.75) is 44.4 Å². The lowest BCUT2D eigenvalue weighted by Crippen LogP contribution is -2.52. The van der Waals surface area contributed by atoms with Crippen LogP contribution in [0.3, 0.4) is 0 Å². The summed E-state index contributed by atoms with van der Waals surface area (Å²) in [6.45, 7) is 2.29. The van der Waals surface area contributed by atoms with Crippen molar-refractivity contribution < 1.29 is 41.2 Å². The molecule has 2 aromatic carbocycles. The van der Waals surface area contributed by atoms with Crippen LogP contribution in [-0.2, 0) is 13.8 Å². The number of hydrogen-bond acceptors (Lipinski definition) is 9. The summed E-state index contributed by atoms with van der Waals surface area (Å²) >= 11 is 0. The second-order valence-corrected chi connectivity index (χ2v) is 10.2. The van der Waals surface area contributed by atoms with Gasteiger partial charge < -0.3 is 24.6 Å². The van der Waals surface area contributed by atoms with Gasteiger partial charge in [-0.3, -0.25) is 9.09 Å². The van der Waals surface area contributed by atoms with Gasteiger partial charge in [0.25, 0.3) is 6.43 Å². The molecule has 0 saturated carbocycles. The molecule has 0 aliphatic carbocycles. The second-order valence-electron chi connectivity index (χ2n) is 8.72. The lowest BCUT2D eigenvalue weighted by Gasteiger charge is -2.31. The molecule has 3 aromatic rings. The second kappa shape index (κ2) is 10.8. The molecule has 3 N–H and O–H groups in total. The van der Waals surface area contributed by atoms with Crippen LogP contribution in [-0.4, -0.2) is 45.6 Å². The van der Waals surface area contributed by atoms with Gasteiger partial charge in [-0.25, -0.2) is 22.5 Å². The first kappa shape index (κ1) is 27.6. The van der Waals surface area contributed by atoms with Crippen molar-refractivity contribution in [2.24, 2.45) is 0 Å². The summed E-state index contributed by atoms with van der Waals surface area (Å²) in [6.07, 6.45) is -9.57. The van der Waals surface area contributed by atoms with Crippen LogP contribution in [0.5, 0.6) is 11.5 Å². The molecule has 0 spiro atoms. The van der Waals surface area contributed by atoms with E-state index in [1.165, 1.54) is 24.3 Å². The summed E-state index contributed by atoms with van der Waals surface area (Å²) in [4.78, 5) is 15.6. The van der Waals surface area contributed by atoms with Crippen molar-refractivity contribution in [3.05, 3.63) is 82.4 Å². The molecule has 1 aliphatic rings. The SMILES string of the molecule is Cc1ccc(OP(=O)(OC[C@@]2(C(F)F)O[C@@H](n3ccc(N)nc3=O)[C@@H](F)[C@@H]2O)Oc2ccc(C)cc2)cc1. The molecule has 0 unspecified atom stereocenters. The number of phosphoric ester groups is 1. The average molecular weight is 555 g/mol. The fourth-order valence-electron chi connectivity index (χ4n) is 3.69. The predicted molar refractivity (Wildman–Crippen MR) is 130 cm³/mol. The van der Waals surface area contributed by atoms with Crippen LogP contribution in [0.1, 0.15) is 17.4 Å². The van der Waals surface area contributed by atoms with Crippen LogP contribution in [0.25, 0.3) is 0 Å². The van der Waals surface area contributed by atoms with Crippen LogP contribution in [0.2, 0.25) is 0 Å². The molecule has 4 rings (SSSR count). The number of anilines is 1. The van der Waals surface area contributed by atoms with Gasteiger partial charge in [0, 0.05) is 6.20 Å². The molecule has 14 heteroatoms. The number of hydrogen-bond donors (Lipinski definition) is 2. The first-order valence-electron chi connectivity index (χ1n) is 11.3. The third-order valence-corrected chi connectivity index (χ3v) is 7.15. The van der Waals surface area contributed by atoms with Crippen molar-refractivity contribution in [3.63, 3.8) is 0 Å². The molecule has 0 radical (unpaired) electrons. The van der Waals surface area contributed by atoms with E-state index >= 15 is 4.39 Å². The maximum absolute atomic E-state index is 15.1. The molecule has 1 aromatic heterocycles. The van der Waals surface area contributed by atoms with Crippen LogP contribution >= 0.6 is 7.82 Å². The number of benzene rings is 2. The van der Waals surface area contributed by atoms with Crippen molar-refractivity contribution >= 4 is 13.6 Å². The summed E-state index contributed by atoms with van der Waals surface area (Å²) < 4.78 is 79.4. The van der Waals surface area contributed by atoms with E-state index in [9.17, 15) is 23.2 Å². The largest absolute Gasteiger partial charge is 0.587 e. The molecule has 204 valence electrons. The fourth-order valence-corrected chi connectivity index (χ4v) is 4.95. The molecule has 1 saturated heterocycles. The Balaban J connectivity index is 1.64. The Morgan fingerprint density at radius 1 is 1.08 bits per heavy atom. The molecule has 0 bridgehead atoms. The number of aryl methyl sites for hydroxylation is 2. The first-order chi connectivity index (χ1) is 17.9. The van der Waals surface area contributed by atoms with Crippen LogP contribution in [0.15, 0.2) is 65.6 Å². The monoisotopic (exact) mass is 555 g/mol. The lowest BCUT2D eigenvalue weighted by atomic mass is 9.97. The highest BCUT2D eigenvalue weighted by molar-refractivity contribution is 7.49. The van der Waals surface area contributed by atoms with Gasteiger partial charge >= 0.3 is 13.5 Å². The number of aliphatic hydroxyl groups excluding tert-OH is 1. The molecule has 0 amide bonds. The van der Waals surface area contributed by atoms with Gasteiger partial charge in [-0.15, -0.1) is 0 Å². The van der Waals surface area contributed by atoms with Crippen LogP contribution in [0.4, 0.5) is 19.0 Å². The minimum absolute atomic E-state index is 0.0331. The van der Waals surface area contributed by atoms with E-state index in [1.807, 2.05) is 0 Å². The smallest absolute Gasteiger partial charge is 0.395 e. The minimum atomic E-state index is -4.73. The Kier molecular flexibility index (Phi) is 7.84. The standard InChI is InChI=1S/C24H25F3N3O7P/c1-14-3-7-16(8-4-14)36-38(33,37-17-9-5-15(2)6-10-17)34-13-24(22(26)27)20(31)19(25)21(35-24)30-12-11-18(28)29-23(30)32/h3-12,19-22,31H,13H2,1-2H3,(H2,28,29,32)/t19-,20-,21+,24+/m0/s1. The highest BCUT2D eigenvalue weighted by atomic mass is 31.2. The Morgan fingerprint density at radius 2 is 1.61 bits per heavy atom. The number of alkyl halides is 3. The Bertz CT molecular complexity index is 1320. The summed E-state index contributed by atoms with van der Waals surface area (Å²) in [6, 6.07) is 13.5. The van der Waals surface area contributed by atoms with E-state index in [-0.39, 0.29) is 17.3 Å². The quantitative estimate of drug-likeness (QED) is 0.376. The zero-order valence-corrected chi connectivity index (χ0v) is 21.1. The van der Waals surface area contributed by atoms with Crippen molar-refractivity contribution in [1.82, 2.24) is 9.55 Å². The first-order valence-corrected chi connectivity index (χ1v) is 12.8. The predicted octanol–water partition coefficient (Wildman–Crippen LogP) is 3.96. The third kappa shape index (κ3) is 5.70. The Labute approximate surface area is 215 Å². The van der Waals surface area contributed by atoms with Gasteiger partial charge in [0.05, 0.1) is 6.61 Å². The number of aliphatic hydroxyl groups is 1. The number of nitrogens with two attached hydrogens (primary N) is 1. The van der Waals surface area contributed by atoms with Crippen LogP contribution < -0.4 is 20.5 Å². The summed E-state index contributed by atoms with van der Waals surface area (Å²) in [5, 5.41) is 10.5. The van der Waals surface area contributed by atoms with Crippen LogP contribution in [0, 0.1) is 13.8 Å². The molecular weight excluding hydrogens is 530 g/mol. The number of nitrogen functional groups attached to an aromatic ring is 1. The molecule has 4 atom stereocenters. The topological polar surface area (TPSA) is 135 Å². The summed E-state index contributed by atoms with van der Waals surface area (Å²) in [5.74, 6) is -0.123. The third-order valence-electron chi connectivity index (χ3n) is 5.83. The number of rotatable bonds is 9. The molecule has 38 heavy (non-hydrogen) atoms. The molecule has 10 nitrogen and oxygen atoms in total. The number of ether oxygens (including phenoxy) is 1. The van der Waals surface area contributed by atoms with Crippen molar-refractivity contribution in [2.75, 3.05) is 12.3 Å². The van der Waals surface area contributed by atoms with Gasteiger partial charge in [0.1, 0.15) is 23.4 Å². The van der Waals surface area contributed by atoms with Gasteiger partial charge in [-0.1, -0.05) is 35.4 Å². The van der Waals surface area contributed by atoms with E-state index in [0.717, 1.165) is 23.4 Å².